The molecule has 1 aliphatic heterocycles. The van der Waals surface area contributed by atoms with E-state index in [9.17, 15) is 9.59 Å². The highest BCUT2D eigenvalue weighted by atomic mass is 16.6. The van der Waals surface area contributed by atoms with E-state index in [1.165, 1.54) is 18.4 Å². The average molecular weight is 361 g/mol. The maximum Gasteiger partial charge on any atom is 0.407 e. The van der Waals surface area contributed by atoms with Crippen LogP contribution in [0, 0.1) is 0 Å². The van der Waals surface area contributed by atoms with Gasteiger partial charge in [-0.25, -0.2) is 4.79 Å². The highest BCUT2D eigenvalue weighted by molar-refractivity contribution is 5.77. The van der Waals surface area contributed by atoms with E-state index < -0.39 is 11.7 Å². The Balaban J connectivity index is 1.77. The van der Waals surface area contributed by atoms with Crippen LogP contribution < -0.4 is 10.6 Å². The minimum atomic E-state index is -0.537. The Labute approximate surface area is 156 Å². The first-order valence-corrected chi connectivity index (χ1v) is 9.38. The first kappa shape index (κ1) is 20.2. The van der Waals surface area contributed by atoms with Gasteiger partial charge in [-0.05, 0) is 52.3 Å². The highest BCUT2D eigenvalue weighted by Gasteiger charge is 2.23. The van der Waals surface area contributed by atoms with Gasteiger partial charge in [-0.3, -0.25) is 9.69 Å². The van der Waals surface area contributed by atoms with Gasteiger partial charge in [0, 0.05) is 19.5 Å². The van der Waals surface area contributed by atoms with Crippen molar-refractivity contribution in [3.63, 3.8) is 0 Å². The minimum Gasteiger partial charge on any atom is -0.444 e. The van der Waals surface area contributed by atoms with Crippen LogP contribution in [0.15, 0.2) is 30.3 Å². The molecule has 1 aromatic rings. The van der Waals surface area contributed by atoms with Crippen LogP contribution in [0.5, 0.6) is 0 Å². The zero-order valence-corrected chi connectivity index (χ0v) is 16.1. The van der Waals surface area contributed by atoms with Crippen LogP contribution in [0.2, 0.25) is 0 Å². The van der Waals surface area contributed by atoms with Crippen LogP contribution in [-0.4, -0.2) is 48.7 Å². The Bertz CT molecular complexity index is 578. The molecule has 144 valence electrons. The topological polar surface area (TPSA) is 70.7 Å². The number of likely N-dealkylation sites (tertiary alicyclic amines) is 1. The number of nitrogens with zero attached hydrogens (tertiary/aromatic N) is 1. The predicted molar refractivity (Wildman–Crippen MR) is 102 cm³/mol. The van der Waals surface area contributed by atoms with E-state index >= 15 is 0 Å². The van der Waals surface area contributed by atoms with Crippen molar-refractivity contribution in [1.29, 1.82) is 0 Å². The average Bonchev–Trinajstić information content (AvgIpc) is 3.08. The van der Waals surface area contributed by atoms with E-state index in [4.69, 9.17) is 4.74 Å². The fraction of sp³-hybridized carbons (Fsp3) is 0.600. The molecule has 0 aromatic heterocycles. The molecule has 1 unspecified atom stereocenters. The van der Waals surface area contributed by atoms with Gasteiger partial charge in [0.15, 0.2) is 0 Å². The molecule has 2 rings (SSSR count). The van der Waals surface area contributed by atoms with Crippen molar-refractivity contribution < 1.29 is 14.3 Å². The summed E-state index contributed by atoms with van der Waals surface area (Å²) in [5.74, 6) is -0.0683. The molecule has 1 fully saturated rings. The first-order chi connectivity index (χ1) is 12.3. The zero-order chi connectivity index (χ0) is 19.0. The van der Waals surface area contributed by atoms with Gasteiger partial charge in [-0.2, -0.15) is 0 Å². The van der Waals surface area contributed by atoms with Gasteiger partial charge in [0.2, 0.25) is 5.91 Å². The predicted octanol–water partition coefficient (Wildman–Crippen LogP) is 2.85. The molecule has 0 saturated carbocycles. The van der Waals surface area contributed by atoms with E-state index in [-0.39, 0.29) is 24.9 Å². The molecule has 1 saturated heterocycles. The molecule has 0 bridgehead atoms. The second-order valence-electron chi connectivity index (χ2n) is 7.65. The third-order valence-corrected chi connectivity index (χ3v) is 4.28. The van der Waals surface area contributed by atoms with Crippen LogP contribution in [0.3, 0.4) is 0 Å². The minimum absolute atomic E-state index is 0.0683. The summed E-state index contributed by atoms with van der Waals surface area (Å²) in [6.45, 7) is 8.39. The molecule has 1 heterocycles. The third-order valence-electron chi connectivity index (χ3n) is 4.28. The van der Waals surface area contributed by atoms with Crippen molar-refractivity contribution in [2.45, 2.75) is 51.7 Å². The van der Waals surface area contributed by atoms with Gasteiger partial charge < -0.3 is 15.4 Å². The van der Waals surface area contributed by atoms with Crippen molar-refractivity contribution >= 4 is 12.0 Å². The number of ether oxygens (including phenoxy) is 1. The molecule has 6 nitrogen and oxygen atoms in total. The van der Waals surface area contributed by atoms with E-state index in [0.717, 1.165) is 13.1 Å². The molecule has 2 amide bonds. The van der Waals surface area contributed by atoms with Crippen molar-refractivity contribution in [3.8, 4) is 0 Å². The molecule has 1 aliphatic rings. The lowest BCUT2D eigenvalue weighted by Crippen LogP contribution is -2.38. The lowest BCUT2D eigenvalue weighted by atomic mass is 10.1. The number of alkyl carbamates (subject to hydrolysis) is 1. The second kappa shape index (κ2) is 9.57. The summed E-state index contributed by atoms with van der Waals surface area (Å²) in [4.78, 5) is 26.2. The van der Waals surface area contributed by atoms with E-state index in [0.29, 0.717) is 6.54 Å². The van der Waals surface area contributed by atoms with Gasteiger partial charge in [-0.1, -0.05) is 30.3 Å². The number of benzene rings is 1. The molecule has 0 spiro atoms. The van der Waals surface area contributed by atoms with Crippen LogP contribution in [0.25, 0.3) is 0 Å². The quantitative estimate of drug-likeness (QED) is 0.783. The Morgan fingerprint density at radius 1 is 1.12 bits per heavy atom. The number of hydrogen-bond acceptors (Lipinski definition) is 4. The fourth-order valence-electron chi connectivity index (χ4n) is 3.08. The maximum atomic E-state index is 12.1. The second-order valence-corrected chi connectivity index (χ2v) is 7.65. The molecule has 0 radical (unpaired) electrons. The van der Waals surface area contributed by atoms with E-state index in [1.807, 2.05) is 18.2 Å². The summed E-state index contributed by atoms with van der Waals surface area (Å²) < 4.78 is 5.15. The third kappa shape index (κ3) is 7.04. The summed E-state index contributed by atoms with van der Waals surface area (Å²) in [7, 11) is 0. The summed E-state index contributed by atoms with van der Waals surface area (Å²) in [6, 6.07) is 10.5. The number of nitrogens with one attached hydrogen (secondary N) is 2. The van der Waals surface area contributed by atoms with Gasteiger partial charge in [0.1, 0.15) is 5.60 Å². The molecule has 2 N–H and O–H groups in total. The standard InChI is InChI=1S/C20H31N3O3/c1-20(2,3)26-19(25)21-12-11-18(24)22-15-17(23-13-7-8-14-23)16-9-5-4-6-10-16/h4-6,9-10,17H,7-8,11-15H2,1-3H3,(H,21,25)(H,22,24). The number of carbonyl (C=O) groups excluding carboxylic acids is 2. The molecule has 6 heteroatoms. The zero-order valence-electron chi connectivity index (χ0n) is 16.1. The van der Waals surface area contributed by atoms with Crippen molar-refractivity contribution in [1.82, 2.24) is 15.5 Å². The first-order valence-electron chi connectivity index (χ1n) is 9.38. The van der Waals surface area contributed by atoms with Crippen molar-refractivity contribution in [2.75, 3.05) is 26.2 Å². The Morgan fingerprint density at radius 3 is 2.38 bits per heavy atom. The number of rotatable bonds is 7. The Kier molecular flexibility index (Phi) is 7.45. The molecular weight excluding hydrogens is 330 g/mol. The molecule has 0 aliphatic carbocycles. The molecule has 1 aromatic carbocycles. The van der Waals surface area contributed by atoms with Gasteiger partial charge in [0.25, 0.3) is 0 Å². The number of hydrogen-bond donors (Lipinski definition) is 2. The van der Waals surface area contributed by atoms with Crippen LogP contribution in [0.1, 0.15) is 51.6 Å². The summed E-state index contributed by atoms with van der Waals surface area (Å²) in [5, 5.41) is 5.62. The largest absolute Gasteiger partial charge is 0.444 e. The maximum absolute atomic E-state index is 12.1. The van der Waals surface area contributed by atoms with E-state index in [1.54, 1.807) is 20.8 Å². The van der Waals surface area contributed by atoms with Gasteiger partial charge in [0.05, 0.1) is 6.04 Å². The smallest absolute Gasteiger partial charge is 0.407 e. The highest BCUT2D eigenvalue weighted by Crippen LogP contribution is 2.24. The van der Waals surface area contributed by atoms with E-state index in [2.05, 4.69) is 27.7 Å². The van der Waals surface area contributed by atoms with Crippen molar-refractivity contribution in [2.24, 2.45) is 0 Å². The van der Waals surface area contributed by atoms with Gasteiger partial charge >= 0.3 is 6.09 Å². The molecule has 1 atom stereocenters. The Hall–Kier alpha value is -2.08. The summed E-state index contributed by atoms with van der Waals surface area (Å²) in [6.07, 6.45) is 2.15. The van der Waals surface area contributed by atoms with Crippen LogP contribution in [-0.2, 0) is 9.53 Å². The van der Waals surface area contributed by atoms with Crippen LogP contribution >= 0.6 is 0 Å². The Morgan fingerprint density at radius 2 is 1.77 bits per heavy atom. The lowest BCUT2D eigenvalue weighted by molar-refractivity contribution is -0.121. The lowest BCUT2D eigenvalue weighted by Gasteiger charge is -2.28. The molecule has 26 heavy (non-hydrogen) atoms. The number of amides is 2. The van der Waals surface area contributed by atoms with Crippen molar-refractivity contribution in [3.05, 3.63) is 35.9 Å². The molecular formula is C20H31N3O3. The fourth-order valence-corrected chi connectivity index (χ4v) is 3.08. The normalized spacial score (nSPS) is 16.1. The summed E-state index contributed by atoms with van der Waals surface area (Å²) >= 11 is 0. The summed E-state index contributed by atoms with van der Waals surface area (Å²) in [5.41, 5.74) is 0.687. The number of carbonyl (C=O) groups is 2. The van der Waals surface area contributed by atoms with Crippen LogP contribution in [0.4, 0.5) is 4.79 Å². The monoisotopic (exact) mass is 361 g/mol. The SMILES string of the molecule is CC(C)(C)OC(=O)NCCC(=O)NCC(c1ccccc1)N1CCCC1. The van der Waals surface area contributed by atoms with Gasteiger partial charge in [-0.15, -0.1) is 0 Å².